The fraction of sp³-hybridized carbons (Fsp3) is 0.227. The molecule has 0 spiro atoms. The minimum Gasteiger partial charge on any atom is -0.339 e. The summed E-state index contributed by atoms with van der Waals surface area (Å²) in [6.07, 6.45) is 4.44. The number of hydrogen-bond acceptors (Lipinski definition) is 3. The monoisotopic (exact) mass is 395 g/mol. The van der Waals surface area contributed by atoms with Crippen LogP contribution in [0.15, 0.2) is 53.5 Å². The van der Waals surface area contributed by atoms with Gasteiger partial charge in [-0.3, -0.25) is 14.6 Å². The predicted molar refractivity (Wildman–Crippen MR) is 106 cm³/mol. The van der Waals surface area contributed by atoms with Gasteiger partial charge in [-0.15, -0.1) is 0 Å². The number of carbonyl (C=O) groups excluding carboxylic acids is 1. The smallest absolute Gasteiger partial charge is 0.256 e. The second kappa shape index (κ2) is 7.95. The molecule has 7 heteroatoms. The fourth-order valence-electron chi connectivity index (χ4n) is 3.52. The normalized spacial score (nSPS) is 14.1. The van der Waals surface area contributed by atoms with Crippen LogP contribution in [0.3, 0.4) is 0 Å². The summed E-state index contributed by atoms with van der Waals surface area (Å²) in [5.41, 5.74) is 2.01. The molecule has 3 aromatic rings. The van der Waals surface area contributed by atoms with Crippen LogP contribution < -0.4 is 5.56 Å². The van der Waals surface area contributed by atoms with E-state index in [-0.39, 0.29) is 23.7 Å². The molecular weight excluding hydrogens is 376 g/mol. The highest BCUT2D eigenvalue weighted by Crippen LogP contribution is 2.21. The standard InChI is InChI=1S/C22H19F2N3O2/c23-16-2-1-15-11-18(26-22(29)19(15)12-16)4-6-21(28)27-9-7-14(8-10-27)20-5-3-17(24)13-25-20/h1-3,5,7,11-13H,4,6,8-10H2,(H,26,29). The van der Waals surface area contributed by atoms with Crippen LogP contribution >= 0.6 is 0 Å². The minimum absolute atomic E-state index is 0.00702. The number of carbonyl (C=O) groups is 1. The number of H-pyrrole nitrogens is 1. The molecule has 0 radical (unpaired) electrons. The van der Waals surface area contributed by atoms with Gasteiger partial charge >= 0.3 is 0 Å². The maximum Gasteiger partial charge on any atom is 0.256 e. The Kier molecular flexibility index (Phi) is 5.20. The van der Waals surface area contributed by atoms with Crippen LogP contribution in [-0.2, 0) is 11.2 Å². The third-order valence-corrected chi connectivity index (χ3v) is 5.09. The number of amides is 1. The third-order valence-electron chi connectivity index (χ3n) is 5.09. The Labute approximate surface area is 165 Å². The molecule has 0 fully saturated rings. The molecule has 1 aliphatic rings. The van der Waals surface area contributed by atoms with Crippen molar-refractivity contribution in [3.05, 3.63) is 82.0 Å². The zero-order valence-corrected chi connectivity index (χ0v) is 15.6. The first-order valence-electron chi connectivity index (χ1n) is 9.40. The number of nitrogens with zero attached hydrogens (tertiary/aromatic N) is 2. The van der Waals surface area contributed by atoms with Crippen LogP contribution in [0.5, 0.6) is 0 Å². The molecule has 2 aromatic heterocycles. The quantitative estimate of drug-likeness (QED) is 0.736. The largest absolute Gasteiger partial charge is 0.339 e. The lowest BCUT2D eigenvalue weighted by atomic mass is 10.0. The lowest BCUT2D eigenvalue weighted by Gasteiger charge is -2.26. The van der Waals surface area contributed by atoms with Gasteiger partial charge in [0.25, 0.3) is 5.56 Å². The van der Waals surface area contributed by atoms with Crippen molar-refractivity contribution in [1.82, 2.24) is 14.9 Å². The van der Waals surface area contributed by atoms with E-state index in [1.165, 1.54) is 24.4 Å². The van der Waals surface area contributed by atoms with E-state index in [0.717, 1.165) is 11.3 Å². The molecule has 0 atom stereocenters. The molecular formula is C22H19F2N3O2. The molecule has 4 rings (SSSR count). The molecule has 1 amide bonds. The van der Waals surface area contributed by atoms with E-state index >= 15 is 0 Å². The zero-order valence-electron chi connectivity index (χ0n) is 15.6. The third kappa shape index (κ3) is 4.23. The van der Waals surface area contributed by atoms with Crippen molar-refractivity contribution in [2.45, 2.75) is 19.3 Å². The SMILES string of the molecule is O=C(CCc1cc2ccc(F)cc2c(=O)[nH]1)N1CC=C(c2ccc(F)cn2)CC1. The highest BCUT2D eigenvalue weighted by atomic mass is 19.1. The summed E-state index contributed by atoms with van der Waals surface area (Å²) >= 11 is 0. The van der Waals surface area contributed by atoms with Gasteiger partial charge in [-0.1, -0.05) is 12.1 Å². The molecule has 5 nitrogen and oxygen atoms in total. The first-order chi connectivity index (χ1) is 14.0. The van der Waals surface area contributed by atoms with Crippen molar-refractivity contribution >= 4 is 22.3 Å². The Morgan fingerprint density at radius 3 is 2.69 bits per heavy atom. The summed E-state index contributed by atoms with van der Waals surface area (Å²) in [4.78, 5) is 33.2. The molecule has 1 aliphatic heterocycles. The van der Waals surface area contributed by atoms with Gasteiger partial charge in [0, 0.05) is 30.6 Å². The fourth-order valence-corrected chi connectivity index (χ4v) is 3.52. The molecule has 29 heavy (non-hydrogen) atoms. The summed E-state index contributed by atoms with van der Waals surface area (Å²) in [5.74, 6) is -0.842. The summed E-state index contributed by atoms with van der Waals surface area (Å²) in [5, 5.41) is 0.943. The minimum atomic E-state index is -0.459. The van der Waals surface area contributed by atoms with E-state index in [9.17, 15) is 18.4 Å². The number of aromatic amines is 1. The predicted octanol–water partition coefficient (Wildman–Crippen LogP) is 3.45. The number of aryl methyl sites for hydroxylation is 1. The Balaban J connectivity index is 1.39. The molecule has 1 N–H and O–H groups in total. The number of benzene rings is 1. The van der Waals surface area contributed by atoms with Crippen molar-refractivity contribution in [2.24, 2.45) is 0 Å². The number of pyridine rings is 2. The summed E-state index contributed by atoms with van der Waals surface area (Å²) in [6.45, 7) is 1.04. The Bertz CT molecular complexity index is 1150. The number of nitrogens with one attached hydrogen (secondary N) is 1. The summed E-state index contributed by atoms with van der Waals surface area (Å²) < 4.78 is 26.3. The maximum atomic E-state index is 13.3. The molecule has 1 aromatic carbocycles. The van der Waals surface area contributed by atoms with Gasteiger partial charge in [0.15, 0.2) is 0 Å². The van der Waals surface area contributed by atoms with Gasteiger partial charge in [-0.2, -0.15) is 0 Å². The topological polar surface area (TPSA) is 66.1 Å². The van der Waals surface area contributed by atoms with Gasteiger partial charge in [0.05, 0.1) is 11.9 Å². The van der Waals surface area contributed by atoms with E-state index in [1.54, 1.807) is 23.1 Å². The molecule has 0 saturated heterocycles. The summed E-state index contributed by atoms with van der Waals surface area (Å²) in [6, 6.07) is 8.87. The summed E-state index contributed by atoms with van der Waals surface area (Å²) in [7, 11) is 0. The molecule has 0 unspecified atom stereocenters. The Morgan fingerprint density at radius 2 is 1.97 bits per heavy atom. The van der Waals surface area contributed by atoms with E-state index in [2.05, 4.69) is 9.97 Å². The van der Waals surface area contributed by atoms with Gasteiger partial charge in [0.2, 0.25) is 5.91 Å². The van der Waals surface area contributed by atoms with Crippen molar-refractivity contribution in [3.63, 3.8) is 0 Å². The second-order valence-corrected chi connectivity index (χ2v) is 7.04. The molecule has 0 aliphatic carbocycles. The van der Waals surface area contributed by atoms with Crippen LogP contribution in [0, 0.1) is 11.6 Å². The van der Waals surface area contributed by atoms with E-state index < -0.39 is 5.82 Å². The molecule has 0 saturated carbocycles. The highest BCUT2D eigenvalue weighted by Gasteiger charge is 2.18. The average molecular weight is 395 g/mol. The first-order valence-corrected chi connectivity index (χ1v) is 9.40. The number of rotatable bonds is 4. The number of aromatic nitrogens is 2. The maximum absolute atomic E-state index is 13.3. The number of halogens is 2. The van der Waals surface area contributed by atoms with Gasteiger partial charge in [0.1, 0.15) is 11.6 Å². The van der Waals surface area contributed by atoms with Crippen LogP contribution in [0.2, 0.25) is 0 Å². The molecule has 3 heterocycles. The number of hydrogen-bond donors (Lipinski definition) is 1. The van der Waals surface area contributed by atoms with Crippen LogP contribution in [0.4, 0.5) is 8.78 Å². The van der Waals surface area contributed by atoms with Crippen LogP contribution in [0.1, 0.15) is 24.2 Å². The van der Waals surface area contributed by atoms with Crippen molar-refractivity contribution in [3.8, 4) is 0 Å². The highest BCUT2D eigenvalue weighted by molar-refractivity contribution is 5.82. The first kappa shape index (κ1) is 19.0. The van der Waals surface area contributed by atoms with Crippen molar-refractivity contribution in [2.75, 3.05) is 13.1 Å². The van der Waals surface area contributed by atoms with E-state index in [4.69, 9.17) is 0 Å². The van der Waals surface area contributed by atoms with Crippen LogP contribution in [-0.4, -0.2) is 33.9 Å². The van der Waals surface area contributed by atoms with Crippen LogP contribution in [0.25, 0.3) is 16.3 Å². The average Bonchev–Trinajstić information content (AvgIpc) is 2.73. The molecule has 148 valence electrons. The van der Waals surface area contributed by atoms with E-state index in [1.807, 2.05) is 6.08 Å². The lowest BCUT2D eigenvalue weighted by molar-refractivity contribution is -0.130. The van der Waals surface area contributed by atoms with Gasteiger partial charge in [-0.05, 0) is 54.1 Å². The van der Waals surface area contributed by atoms with E-state index in [0.29, 0.717) is 42.4 Å². The molecule has 0 bridgehead atoms. The second-order valence-electron chi connectivity index (χ2n) is 7.04. The Hall–Kier alpha value is -3.35. The van der Waals surface area contributed by atoms with Crippen molar-refractivity contribution in [1.29, 1.82) is 0 Å². The Morgan fingerprint density at radius 1 is 1.14 bits per heavy atom. The number of fused-ring (bicyclic) bond motifs is 1. The lowest BCUT2D eigenvalue weighted by Crippen LogP contribution is -2.35. The van der Waals surface area contributed by atoms with Gasteiger partial charge in [-0.25, -0.2) is 8.78 Å². The zero-order chi connectivity index (χ0) is 20.4. The van der Waals surface area contributed by atoms with Gasteiger partial charge < -0.3 is 9.88 Å². The van der Waals surface area contributed by atoms with Crippen molar-refractivity contribution < 1.29 is 13.6 Å².